The Hall–Kier alpha value is -2.12. The van der Waals surface area contributed by atoms with E-state index < -0.39 is 0 Å². The Morgan fingerprint density at radius 2 is 1.85 bits per heavy atom. The lowest BCUT2D eigenvalue weighted by Gasteiger charge is -2.14. The van der Waals surface area contributed by atoms with Gasteiger partial charge in [0.2, 0.25) is 0 Å². The summed E-state index contributed by atoms with van der Waals surface area (Å²) in [7, 11) is 0. The zero-order valence-corrected chi connectivity index (χ0v) is 18.1. The van der Waals surface area contributed by atoms with E-state index in [1.54, 1.807) is 6.21 Å². The maximum Gasteiger partial charge on any atom is 0.186 e. The predicted octanol–water partition coefficient (Wildman–Crippen LogP) is 4.55. The summed E-state index contributed by atoms with van der Waals surface area (Å²) in [5.74, 6) is 1.35. The van der Waals surface area contributed by atoms with Crippen LogP contribution in [0.2, 0.25) is 0 Å². The van der Waals surface area contributed by atoms with Crippen LogP contribution in [0, 0.1) is 6.92 Å². The maximum absolute atomic E-state index is 5.98. The minimum absolute atomic E-state index is 0.471. The highest BCUT2D eigenvalue weighted by Gasteiger charge is 2.10. The third-order valence-electron chi connectivity index (χ3n) is 3.58. The first-order valence-electron chi connectivity index (χ1n) is 8.75. The average molecular weight is 450 g/mol. The molecule has 0 radical (unpaired) electrons. The highest BCUT2D eigenvalue weighted by molar-refractivity contribution is 9.10. The molecule has 0 saturated heterocycles. The van der Waals surface area contributed by atoms with Gasteiger partial charge in [-0.3, -0.25) is 5.43 Å². The van der Waals surface area contributed by atoms with Crippen LogP contribution in [-0.4, -0.2) is 24.5 Å². The number of nitrogens with zero attached hydrogens (tertiary/aromatic N) is 1. The summed E-state index contributed by atoms with van der Waals surface area (Å²) in [6.45, 7) is 7.73. The SMILES string of the molecule is CCNC(=S)NN=Cc1cc(OCC)c(OCc2ccc(C)cc2)cc1Br. The van der Waals surface area contributed by atoms with Gasteiger partial charge < -0.3 is 14.8 Å². The number of hydrogen-bond acceptors (Lipinski definition) is 4. The van der Waals surface area contributed by atoms with Gasteiger partial charge in [-0.15, -0.1) is 0 Å². The Morgan fingerprint density at radius 1 is 1.15 bits per heavy atom. The molecule has 0 aromatic heterocycles. The van der Waals surface area contributed by atoms with Crippen molar-refractivity contribution in [3.05, 3.63) is 57.6 Å². The number of aryl methyl sites for hydroxylation is 1. The van der Waals surface area contributed by atoms with Crippen LogP contribution in [0.15, 0.2) is 46.0 Å². The van der Waals surface area contributed by atoms with E-state index in [2.05, 4.69) is 63.0 Å². The molecule has 0 fully saturated rings. The van der Waals surface area contributed by atoms with Crippen LogP contribution in [0.3, 0.4) is 0 Å². The van der Waals surface area contributed by atoms with Gasteiger partial charge in [-0.2, -0.15) is 5.10 Å². The Morgan fingerprint density at radius 3 is 2.52 bits per heavy atom. The van der Waals surface area contributed by atoms with Gasteiger partial charge in [0.1, 0.15) is 6.61 Å². The fraction of sp³-hybridized carbons (Fsp3) is 0.300. The highest BCUT2D eigenvalue weighted by Crippen LogP contribution is 2.33. The van der Waals surface area contributed by atoms with Crippen molar-refractivity contribution in [1.82, 2.24) is 10.7 Å². The van der Waals surface area contributed by atoms with Gasteiger partial charge in [0.05, 0.1) is 12.8 Å². The van der Waals surface area contributed by atoms with Gasteiger partial charge in [-0.25, -0.2) is 0 Å². The maximum atomic E-state index is 5.98. The van der Waals surface area contributed by atoms with Gasteiger partial charge in [-0.1, -0.05) is 29.8 Å². The van der Waals surface area contributed by atoms with Crippen LogP contribution in [0.4, 0.5) is 0 Å². The Kier molecular flexibility index (Phi) is 8.54. The second-order valence-corrected chi connectivity index (χ2v) is 7.02. The molecule has 0 unspecified atom stereocenters. The van der Waals surface area contributed by atoms with E-state index in [9.17, 15) is 0 Å². The van der Waals surface area contributed by atoms with E-state index in [0.29, 0.717) is 29.8 Å². The van der Waals surface area contributed by atoms with E-state index in [-0.39, 0.29) is 0 Å². The summed E-state index contributed by atoms with van der Waals surface area (Å²) < 4.78 is 12.6. The van der Waals surface area contributed by atoms with Crippen molar-refractivity contribution in [2.75, 3.05) is 13.2 Å². The highest BCUT2D eigenvalue weighted by atomic mass is 79.9. The predicted molar refractivity (Wildman–Crippen MR) is 118 cm³/mol. The number of hydrogen-bond donors (Lipinski definition) is 2. The molecule has 2 aromatic carbocycles. The van der Waals surface area contributed by atoms with E-state index in [4.69, 9.17) is 21.7 Å². The molecule has 2 aromatic rings. The zero-order valence-electron chi connectivity index (χ0n) is 15.7. The third-order valence-corrected chi connectivity index (χ3v) is 4.51. The number of nitrogens with one attached hydrogen (secondary N) is 2. The molecule has 0 saturated carbocycles. The minimum atomic E-state index is 0.471. The smallest absolute Gasteiger partial charge is 0.186 e. The molecular weight excluding hydrogens is 426 g/mol. The molecule has 0 amide bonds. The van der Waals surface area contributed by atoms with Gasteiger partial charge in [0, 0.05) is 16.6 Å². The van der Waals surface area contributed by atoms with Crippen molar-refractivity contribution in [3.8, 4) is 11.5 Å². The summed E-state index contributed by atoms with van der Waals surface area (Å²) in [6.07, 6.45) is 1.68. The average Bonchev–Trinajstić information content (AvgIpc) is 2.64. The van der Waals surface area contributed by atoms with Crippen molar-refractivity contribution in [2.24, 2.45) is 5.10 Å². The lowest BCUT2D eigenvalue weighted by atomic mass is 10.2. The molecule has 27 heavy (non-hydrogen) atoms. The molecule has 5 nitrogen and oxygen atoms in total. The molecule has 0 aliphatic carbocycles. The second-order valence-electron chi connectivity index (χ2n) is 5.76. The van der Waals surface area contributed by atoms with Crippen LogP contribution in [0.1, 0.15) is 30.5 Å². The van der Waals surface area contributed by atoms with Crippen LogP contribution >= 0.6 is 28.1 Å². The molecule has 144 valence electrons. The summed E-state index contributed by atoms with van der Waals surface area (Å²) in [6, 6.07) is 12.0. The molecule has 0 spiro atoms. The Balaban J connectivity index is 2.13. The van der Waals surface area contributed by atoms with E-state index in [1.807, 2.05) is 26.0 Å². The van der Waals surface area contributed by atoms with Gasteiger partial charge >= 0.3 is 0 Å². The van der Waals surface area contributed by atoms with Gasteiger partial charge in [0.15, 0.2) is 16.6 Å². The lowest BCUT2D eigenvalue weighted by Crippen LogP contribution is -2.31. The number of halogens is 1. The summed E-state index contributed by atoms with van der Waals surface area (Å²) in [5.41, 5.74) is 5.96. The quantitative estimate of drug-likeness (QED) is 0.351. The monoisotopic (exact) mass is 449 g/mol. The molecule has 2 rings (SSSR count). The standard InChI is InChI=1S/C20H24BrN3O2S/c1-4-22-20(27)24-23-12-16-10-18(25-5-2)19(11-17(16)21)26-13-15-8-6-14(3)7-9-15/h6-12H,4-5,13H2,1-3H3,(H2,22,24,27). The molecule has 7 heteroatoms. The number of thiocarbonyl (C=S) groups is 1. The fourth-order valence-electron chi connectivity index (χ4n) is 2.24. The van der Waals surface area contributed by atoms with Crippen molar-refractivity contribution < 1.29 is 9.47 Å². The molecule has 0 aliphatic heterocycles. The van der Waals surface area contributed by atoms with Crippen LogP contribution in [0.5, 0.6) is 11.5 Å². The van der Waals surface area contributed by atoms with Crippen LogP contribution in [0.25, 0.3) is 0 Å². The van der Waals surface area contributed by atoms with Crippen LogP contribution in [-0.2, 0) is 6.61 Å². The zero-order chi connectivity index (χ0) is 19.6. The van der Waals surface area contributed by atoms with Crippen molar-refractivity contribution >= 4 is 39.5 Å². The lowest BCUT2D eigenvalue weighted by molar-refractivity contribution is 0.269. The van der Waals surface area contributed by atoms with E-state index in [0.717, 1.165) is 22.1 Å². The second kappa shape index (κ2) is 10.9. The molecule has 0 atom stereocenters. The summed E-state index contributed by atoms with van der Waals surface area (Å²) in [5, 5.41) is 7.60. The minimum Gasteiger partial charge on any atom is -0.490 e. The summed E-state index contributed by atoms with van der Waals surface area (Å²) in [4.78, 5) is 0. The Bertz CT molecular complexity index is 795. The van der Waals surface area contributed by atoms with Crippen molar-refractivity contribution in [1.29, 1.82) is 0 Å². The molecule has 0 aliphatic rings. The first-order valence-corrected chi connectivity index (χ1v) is 9.95. The number of rotatable bonds is 8. The largest absolute Gasteiger partial charge is 0.490 e. The number of hydrazone groups is 1. The molecule has 0 heterocycles. The van der Waals surface area contributed by atoms with Gasteiger partial charge in [-0.05, 0) is 66.6 Å². The molecule has 0 bridgehead atoms. The first kappa shape index (κ1) is 21.2. The van der Waals surface area contributed by atoms with Crippen molar-refractivity contribution in [2.45, 2.75) is 27.4 Å². The summed E-state index contributed by atoms with van der Waals surface area (Å²) >= 11 is 8.65. The molecule has 2 N–H and O–H groups in total. The third kappa shape index (κ3) is 6.84. The van der Waals surface area contributed by atoms with Crippen molar-refractivity contribution in [3.63, 3.8) is 0 Å². The normalized spacial score (nSPS) is 10.7. The number of ether oxygens (including phenoxy) is 2. The van der Waals surface area contributed by atoms with Crippen LogP contribution < -0.4 is 20.2 Å². The van der Waals surface area contributed by atoms with E-state index in [1.165, 1.54) is 5.56 Å². The first-order chi connectivity index (χ1) is 13.0. The number of benzene rings is 2. The Labute approximate surface area is 174 Å². The van der Waals surface area contributed by atoms with Gasteiger partial charge in [0.25, 0.3) is 0 Å². The topological polar surface area (TPSA) is 54.9 Å². The molecular formula is C20H24BrN3O2S. The van der Waals surface area contributed by atoms with E-state index >= 15 is 0 Å². The fourth-order valence-corrected chi connectivity index (χ4v) is 2.86.